The number of halogens is 1. The van der Waals surface area contributed by atoms with Crippen molar-refractivity contribution in [2.75, 3.05) is 7.11 Å². The summed E-state index contributed by atoms with van der Waals surface area (Å²) in [6, 6.07) is 10.3. The number of aromatic nitrogens is 2. The van der Waals surface area contributed by atoms with Crippen LogP contribution in [0.5, 0.6) is 5.75 Å². The lowest BCUT2D eigenvalue weighted by atomic mass is 10.1. The van der Waals surface area contributed by atoms with Gasteiger partial charge in [0, 0.05) is 28.9 Å². The second-order valence-electron chi connectivity index (χ2n) is 6.30. The normalized spacial score (nSPS) is 10.5. The van der Waals surface area contributed by atoms with Crippen LogP contribution in [0.1, 0.15) is 22.0 Å². The topological polar surface area (TPSA) is 70.1 Å². The van der Waals surface area contributed by atoms with Gasteiger partial charge in [-0.25, -0.2) is 4.98 Å². The first-order chi connectivity index (χ1) is 12.5. The number of ether oxygens (including phenoxy) is 1. The fourth-order valence-corrected chi connectivity index (χ4v) is 3.91. The van der Waals surface area contributed by atoms with E-state index in [1.54, 1.807) is 7.11 Å². The van der Waals surface area contributed by atoms with Gasteiger partial charge in [-0.3, -0.25) is 4.79 Å². The summed E-state index contributed by atoms with van der Waals surface area (Å²) in [6.07, 6.45) is 1.14. The number of methoxy groups -OCH3 is 1. The van der Waals surface area contributed by atoms with Crippen molar-refractivity contribution in [2.45, 2.75) is 33.2 Å². The van der Waals surface area contributed by atoms with E-state index in [1.165, 1.54) is 28.3 Å². The molecule has 0 spiro atoms. The third-order valence-electron chi connectivity index (χ3n) is 4.51. The zero-order valence-electron chi connectivity index (χ0n) is 15.7. The summed E-state index contributed by atoms with van der Waals surface area (Å²) in [5.41, 5.74) is 11.0. The van der Waals surface area contributed by atoms with Crippen LogP contribution in [-0.2, 0) is 24.2 Å². The molecule has 27 heavy (non-hydrogen) atoms. The molecule has 0 aliphatic rings. The fraction of sp³-hybridized carbons (Fsp3) is 0.300. The maximum absolute atomic E-state index is 11.1. The van der Waals surface area contributed by atoms with Gasteiger partial charge in [0.15, 0.2) is 0 Å². The molecule has 3 aromatic rings. The molecule has 1 aromatic carbocycles. The summed E-state index contributed by atoms with van der Waals surface area (Å²) >= 11 is 1.48. The molecule has 0 fully saturated rings. The van der Waals surface area contributed by atoms with E-state index in [0.29, 0.717) is 0 Å². The molecule has 7 heteroatoms. The van der Waals surface area contributed by atoms with Crippen LogP contribution < -0.4 is 10.5 Å². The first kappa shape index (κ1) is 21.0. The van der Waals surface area contributed by atoms with Crippen LogP contribution in [0.4, 0.5) is 0 Å². The lowest BCUT2D eigenvalue weighted by Gasteiger charge is -2.10. The highest BCUT2D eigenvalue weighted by Crippen LogP contribution is 2.28. The number of nitrogens with two attached hydrogens (primary N) is 1. The molecule has 0 saturated heterocycles. The number of aryl methyl sites for hydroxylation is 2. The minimum Gasteiger partial charge on any atom is -0.497 e. The summed E-state index contributed by atoms with van der Waals surface area (Å²) < 4.78 is 7.52. The van der Waals surface area contributed by atoms with Crippen molar-refractivity contribution in [1.82, 2.24) is 9.55 Å². The second kappa shape index (κ2) is 9.06. The van der Waals surface area contributed by atoms with Crippen molar-refractivity contribution in [3.8, 4) is 17.0 Å². The maximum Gasteiger partial charge on any atom is 0.224 e. The second-order valence-corrected chi connectivity index (χ2v) is 7.25. The zero-order valence-corrected chi connectivity index (χ0v) is 17.3. The highest BCUT2D eigenvalue weighted by molar-refractivity contribution is 7.10. The number of primary amides is 1. The van der Waals surface area contributed by atoms with Gasteiger partial charge >= 0.3 is 0 Å². The predicted octanol–water partition coefficient (Wildman–Crippen LogP) is 3.93. The molecule has 0 atom stereocenters. The summed E-state index contributed by atoms with van der Waals surface area (Å²) in [4.78, 5) is 15.6. The SMILES string of the molecule is COc1ccc(CCn2c(C)cc(-c3csc(CC(N)=O)n3)c2C)cc1.Cl. The van der Waals surface area contributed by atoms with E-state index in [-0.39, 0.29) is 24.7 Å². The smallest absolute Gasteiger partial charge is 0.224 e. The van der Waals surface area contributed by atoms with Gasteiger partial charge in [-0.2, -0.15) is 0 Å². The monoisotopic (exact) mass is 405 g/mol. The molecule has 0 aliphatic carbocycles. The summed E-state index contributed by atoms with van der Waals surface area (Å²) in [6.45, 7) is 5.13. The van der Waals surface area contributed by atoms with Gasteiger partial charge < -0.3 is 15.0 Å². The van der Waals surface area contributed by atoms with Crippen LogP contribution in [0, 0.1) is 13.8 Å². The molecule has 2 aromatic heterocycles. The van der Waals surface area contributed by atoms with E-state index >= 15 is 0 Å². The molecule has 2 heterocycles. The molecule has 5 nitrogen and oxygen atoms in total. The molecule has 1 amide bonds. The molecule has 0 unspecified atom stereocenters. The number of amides is 1. The van der Waals surface area contributed by atoms with Gasteiger partial charge in [-0.05, 0) is 44.0 Å². The Hall–Kier alpha value is -2.31. The number of benzene rings is 1. The minimum atomic E-state index is -0.351. The minimum absolute atomic E-state index is 0. The highest BCUT2D eigenvalue weighted by atomic mass is 35.5. The first-order valence-electron chi connectivity index (χ1n) is 8.50. The average molecular weight is 406 g/mol. The molecule has 144 valence electrons. The van der Waals surface area contributed by atoms with Crippen LogP contribution in [0.2, 0.25) is 0 Å². The summed E-state index contributed by atoms with van der Waals surface area (Å²) in [7, 11) is 1.68. The molecule has 0 radical (unpaired) electrons. The van der Waals surface area contributed by atoms with E-state index in [2.05, 4.69) is 41.6 Å². The van der Waals surface area contributed by atoms with Crippen molar-refractivity contribution >= 4 is 29.7 Å². The maximum atomic E-state index is 11.1. The van der Waals surface area contributed by atoms with Crippen LogP contribution in [0.25, 0.3) is 11.3 Å². The molecule has 3 rings (SSSR count). The van der Waals surface area contributed by atoms with Gasteiger partial charge in [-0.1, -0.05) is 12.1 Å². The Kier molecular flexibility index (Phi) is 7.05. The summed E-state index contributed by atoms with van der Waals surface area (Å²) in [5.74, 6) is 0.524. The van der Waals surface area contributed by atoms with Gasteiger partial charge in [-0.15, -0.1) is 23.7 Å². The van der Waals surface area contributed by atoms with Gasteiger partial charge in [0.25, 0.3) is 0 Å². The van der Waals surface area contributed by atoms with E-state index in [0.717, 1.165) is 35.0 Å². The Labute approximate surface area is 169 Å². The van der Waals surface area contributed by atoms with Crippen molar-refractivity contribution in [1.29, 1.82) is 0 Å². The van der Waals surface area contributed by atoms with E-state index in [4.69, 9.17) is 10.5 Å². The Morgan fingerprint density at radius 1 is 1.26 bits per heavy atom. The van der Waals surface area contributed by atoms with E-state index < -0.39 is 0 Å². The lowest BCUT2D eigenvalue weighted by Crippen LogP contribution is -2.13. The van der Waals surface area contributed by atoms with Crippen molar-refractivity contribution in [2.24, 2.45) is 5.73 Å². The Balaban J connectivity index is 0.00000261. The Morgan fingerprint density at radius 2 is 1.96 bits per heavy atom. The van der Waals surface area contributed by atoms with Gasteiger partial charge in [0.05, 0.1) is 19.2 Å². The number of carbonyl (C=O) groups excluding carboxylic acids is 1. The Bertz CT molecular complexity index is 916. The van der Waals surface area contributed by atoms with Crippen molar-refractivity contribution in [3.05, 3.63) is 57.7 Å². The number of thiazole rings is 1. The lowest BCUT2D eigenvalue weighted by molar-refractivity contribution is -0.117. The van der Waals surface area contributed by atoms with E-state index in [1.807, 2.05) is 17.5 Å². The number of hydrogen-bond acceptors (Lipinski definition) is 4. The molecule has 0 bridgehead atoms. The highest BCUT2D eigenvalue weighted by Gasteiger charge is 2.14. The average Bonchev–Trinajstić information content (AvgIpc) is 3.18. The molecule has 0 aliphatic heterocycles. The van der Waals surface area contributed by atoms with Crippen LogP contribution in [0.3, 0.4) is 0 Å². The largest absolute Gasteiger partial charge is 0.497 e. The van der Waals surface area contributed by atoms with Crippen molar-refractivity contribution in [3.63, 3.8) is 0 Å². The molecular weight excluding hydrogens is 382 g/mol. The number of nitrogens with zero attached hydrogens (tertiary/aromatic N) is 2. The third-order valence-corrected chi connectivity index (χ3v) is 5.36. The van der Waals surface area contributed by atoms with Crippen molar-refractivity contribution < 1.29 is 9.53 Å². The van der Waals surface area contributed by atoms with E-state index in [9.17, 15) is 4.79 Å². The first-order valence-corrected chi connectivity index (χ1v) is 9.38. The molecule has 2 N–H and O–H groups in total. The number of carbonyl (C=O) groups is 1. The quantitative estimate of drug-likeness (QED) is 0.647. The van der Waals surface area contributed by atoms with Gasteiger partial charge in [0.1, 0.15) is 10.8 Å². The number of rotatable bonds is 7. The summed E-state index contributed by atoms with van der Waals surface area (Å²) in [5, 5.41) is 2.75. The molecular formula is C20H24ClN3O2S. The standard InChI is InChI=1S/C20H23N3O2S.ClH/c1-13-10-17(18-12-26-20(22-18)11-19(21)24)14(2)23(13)9-8-15-4-6-16(25-3)7-5-15;/h4-7,10,12H,8-9,11H2,1-3H3,(H2,21,24);1H. The van der Waals surface area contributed by atoms with Crippen LogP contribution >= 0.6 is 23.7 Å². The Morgan fingerprint density at radius 3 is 2.59 bits per heavy atom. The predicted molar refractivity (Wildman–Crippen MR) is 112 cm³/mol. The van der Waals surface area contributed by atoms with Crippen LogP contribution in [-0.4, -0.2) is 22.6 Å². The molecule has 0 saturated carbocycles. The fourth-order valence-electron chi connectivity index (χ4n) is 3.10. The number of hydrogen-bond donors (Lipinski definition) is 1. The zero-order chi connectivity index (χ0) is 18.7. The van der Waals surface area contributed by atoms with Crippen LogP contribution in [0.15, 0.2) is 35.7 Å². The van der Waals surface area contributed by atoms with Gasteiger partial charge in [0.2, 0.25) is 5.91 Å². The third kappa shape index (κ3) is 4.90.